The van der Waals surface area contributed by atoms with Gasteiger partial charge in [0, 0.05) is 5.75 Å². The van der Waals surface area contributed by atoms with E-state index >= 15 is 0 Å². The Labute approximate surface area is 152 Å². The summed E-state index contributed by atoms with van der Waals surface area (Å²) in [7, 11) is -1.34. The van der Waals surface area contributed by atoms with Gasteiger partial charge in [0.15, 0.2) is 6.61 Å². The lowest BCUT2D eigenvalue weighted by Crippen LogP contribution is -2.41. The molecule has 2 aromatic rings. The number of carbonyl (C=O) groups is 3. The number of imide groups is 1. The number of hydrogen-bond donors (Lipinski definition) is 2. The van der Waals surface area contributed by atoms with Gasteiger partial charge in [-0.15, -0.1) is 0 Å². The van der Waals surface area contributed by atoms with Crippen molar-refractivity contribution in [2.24, 2.45) is 0 Å². The van der Waals surface area contributed by atoms with Crippen LogP contribution in [0.1, 0.15) is 23.0 Å². The third-order valence-electron chi connectivity index (χ3n) is 3.21. The van der Waals surface area contributed by atoms with Gasteiger partial charge in [0.1, 0.15) is 5.76 Å². The van der Waals surface area contributed by atoms with E-state index in [4.69, 9.17) is 9.15 Å². The highest BCUT2D eigenvalue weighted by molar-refractivity contribution is 7.85. The third kappa shape index (κ3) is 5.55. The van der Waals surface area contributed by atoms with E-state index < -0.39 is 35.3 Å². The van der Waals surface area contributed by atoms with Crippen molar-refractivity contribution in [2.45, 2.75) is 18.4 Å². The summed E-state index contributed by atoms with van der Waals surface area (Å²) in [5.41, 5.74) is 0.128. The van der Waals surface area contributed by atoms with Crippen molar-refractivity contribution in [3.8, 4) is 0 Å². The minimum absolute atomic E-state index is 0.113. The molecule has 138 valence electrons. The van der Waals surface area contributed by atoms with E-state index in [-0.39, 0.29) is 12.1 Å². The normalized spacial score (nSPS) is 11.4. The number of furan rings is 1. The van der Waals surface area contributed by atoms with Crippen LogP contribution >= 0.6 is 0 Å². The smallest absolute Gasteiger partial charge is 0.339 e. The van der Waals surface area contributed by atoms with E-state index in [0.29, 0.717) is 16.4 Å². The van der Waals surface area contributed by atoms with Crippen molar-refractivity contribution >= 4 is 28.7 Å². The lowest BCUT2D eigenvalue weighted by Gasteiger charge is -2.09. The van der Waals surface area contributed by atoms with Gasteiger partial charge in [-0.2, -0.15) is 0 Å². The number of urea groups is 1. The fourth-order valence-corrected chi connectivity index (χ4v) is 2.92. The number of nitrogens with one attached hydrogen (secondary N) is 2. The van der Waals surface area contributed by atoms with Crippen LogP contribution in [0.4, 0.5) is 4.79 Å². The molecule has 0 saturated heterocycles. The average molecular weight is 378 g/mol. The molecule has 0 radical (unpaired) electrons. The Kier molecular flexibility index (Phi) is 7.10. The van der Waals surface area contributed by atoms with Crippen LogP contribution in [-0.4, -0.2) is 34.5 Å². The molecule has 1 atom stereocenters. The molecule has 1 heterocycles. The van der Waals surface area contributed by atoms with E-state index in [0.717, 1.165) is 0 Å². The van der Waals surface area contributed by atoms with Gasteiger partial charge in [-0.3, -0.25) is 14.3 Å². The molecular weight excluding hydrogens is 360 g/mol. The van der Waals surface area contributed by atoms with Gasteiger partial charge in [-0.05, 0) is 24.3 Å². The molecule has 9 heteroatoms. The molecule has 0 fully saturated rings. The molecule has 0 aliphatic rings. The van der Waals surface area contributed by atoms with Crippen LogP contribution in [0.5, 0.6) is 0 Å². The largest absolute Gasteiger partial charge is 0.467 e. The van der Waals surface area contributed by atoms with Crippen LogP contribution in [0, 0.1) is 0 Å². The van der Waals surface area contributed by atoms with Gasteiger partial charge in [0.25, 0.3) is 5.91 Å². The second-order valence-corrected chi connectivity index (χ2v) is 6.72. The minimum Gasteiger partial charge on any atom is -0.467 e. The fraction of sp³-hybridized carbons (Fsp3) is 0.235. The monoisotopic (exact) mass is 378 g/mol. The predicted molar refractivity (Wildman–Crippen MR) is 92.8 cm³/mol. The highest BCUT2D eigenvalue weighted by atomic mass is 32.2. The summed E-state index contributed by atoms with van der Waals surface area (Å²) in [6, 6.07) is 8.90. The van der Waals surface area contributed by atoms with Crippen molar-refractivity contribution in [3.63, 3.8) is 0 Å². The molecule has 0 aliphatic carbocycles. The lowest BCUT2D eigenvalue weighted by atomic mass is 10.2. The number of carbonyl (C=O) groups excluding carboxylic acids is 3. The molecule has 26 heavy (non-hydrogen) atoms. The summed E-state index contributed by atoms with van der Waals surface area (Å²) in [4.78, 5) is 35.7. The standard InChI is InChI=1S/C17H18N2O6S/c1-2-26(23)14-8-4-3-7-13(14)16(21)25-11-15(20)19-17(22)18-10-12-6-5-9-24-12/h3-9H,2,10-11H2,1H3,(H2,18,19,20,22)/t26-/m0/s1. The Morgan fingerprint density at radius 2 is 1.92 bits per heavy atom. The molecule has 2 N–H and O–H groups in total. The molecule has 0 bridgehead atoms. The molecule has 1 aromatic carbocycles. The maximum absolute atomic E-state index is 12.1. The van der Waals surface area contributed by atoms with Gasteiger partial charge in [-0.1, -0.05) is 19.1 Å². The van der Waals surface area contributed by atoms with E-state index in [9.17, 15) is 18.6 Å². The van der Waals surface area contributed by atoms with E-state index in [2.05, 4.69) is 5.32 Å². The van der Waals surface area contributed by atoms with E-state index in [1.54, 1.807) is 37.3 Å². The van der Waals surface area contributed by atoms with Crippen molar-refractivity contribution in [3.05, 3.63) is 54.0 Å². The molecule has 0 aliphatic heterocycles. The minimum atomic E-state index is -1.34. The summed E-state index contributed by atoms with van der Waals surface area (Å²) < 4.78 is 21.9. The predicted octanol–water partition coefficient (Wildman–Crippen LogP) is 1.59. The summed E-state index contributed by atoms with van der Waals surface area (Å²) in [6.45, 7) is 1.20. The second-order valence-electron chi connectivity index (χ2n) is 5.02. The average Bonchev–Trinajstić information content (AvgIpc) is 3.17. The van der Waals surface area contributed by atoms with Crippen molar-refractivity contribution < 1.29 is 27.7 Å². The first-order valence-corrected chi connectivity index (χ1v) is 9.07. The van der Waals surface area contributed by atoms with Crippen molar-refractivity contribution in [2.75, 3.05) is 12.4 Å². The molecule has 0 unspecified atom stereocenters. The van der Waals surface area contributed by atoms with E-state index in [1.165, 1.54) is 12.3 Å². The molecule has 8 nitrogen and oxygen atoms in total. The van der Waals surface area contributed by atoms with Gasteiger partial charge >= 0.3 is 12.0 Å². The Morgan fingerprint density at radius 3 is 2.62 bits per heavy atom. The number of rotatable bonds is 7. The molecule has 0 saturated carbocycles. The van der Waals surface area contributed by atoms with Crippen LogP contribution in [0.2, 0.25) is 0 Å². The maximum atomic E-state index is 12.1. The highest BCUT2D eigenvalue weighted by Gasteiger charge is 2.17. The Hall–Kier alpha value is -2.94. The number of ether oxygens (including phenoxy) is 1. The van der Waals surface area contributed by atoms with Gasteiger partial charge in [0.05, 0.1) is 34.1 Å². The number of benzene rings is 1. The Balaban J connectivity index is 1.82. The van der Waals surface area contributed by atoms with Crippen LogP contribution in [0.25, 0.3) is 0 Å². The topological polar surface area (TPSA) is 115 Å². The first-order chi connectivity index (χ1) is 12.5. The first-order valence-electron chi connectivity index (χ1n) is 7.75. The summed E-state index contributed by atoms with van der Waals surface area (Å²) in [5, 5.41) is 4.45. The first kappa shape index (κ1) is 19.4. The van der Waals surface area contributed by atoms with Gasteiger partial charge in [0.2, 0.25) is 0 Å². The maximum Gasteiger partial charge on any atom is 0.339 e. The van der Waals surface area contributed by atoms with Crippen LogP contribution < -0.4 is 10.6 Å². The number of hydrogen-bond acceptors (Lipinski definition) is 6. The van der Waals surface area contributed by atoms with Gasteiger partial charge < -0.3 is 14.5 Å². The quantitative estimate of drug-likeness (QED) is 0.707. The van der Waals surface area contributed by atoms with Crippen molar-refractivity contribution in [1.29, 1.82) is 0 Å². The lowest BCUT2D eigenvalue weighted by molar-refractivity contribution is -0.123. The summed E-state index contributed by atoms with van der Waals surface area (Å²) in [5.74, 6) is -0.696. The zero-order chi connectivity index (χ0) is 18.9. The molecular formula is C17H18N2O6S. The van der Waals surface area contributed by atoms with Gasteiger partial charge in [-0.25, -0.2) is 9.59 Å². The fourth-order valence-electron chi connectivity index (χ4n) is 1.99. The number of amides is 3. The number of esters is 1. The van der Waals surface area contributed by atoms with Crippen LogP contribution in [-0.2, 0) is 26.9 Å². The highest BCUT2D eigenvalue weighted by Crippen LogP contribution is 2.15. The van der Waals surface area contributed by atoms with Crippen LogP contribution in [0.3, 0.4) is 0 Å². The van der Waals surface area contributed by atoms with Crippen LogP contribution in [0.15, 0.2) is 52.0 Å². The van der Waals surface area contributed by atoms with Crippen molar-refractivity contribution in [1.82, 2.24) is 10.6 Å². The molecule has 1 aromatic heterocycles. The third-order valence-corrected chi connectivity index (χ3v) is 4.58. The summed E-state index contributed by atoms with van der Waals surface area (Å²) in [6.07, 6.45) is 1.46. The Morgan fingerprint density at radius 1 is 1.15 bits per heavy atom. The summed E-state index contributed by atoms with van der Waals surface area (Å²) >= 11 is 0. The second kappa shape index (κ2) is 9.52. The zero-order valence-electron chi connectivity index (χ0n) is 14.0. The molecule has 2 rings (SSSR count). The molecule has 0 spiro atoms. The Bertz CT molecular complexity index is 803. The molecule has 3 amide bonds. The SMILES string of the molecule is CC[S@](=O)c1ccccc1C(=O)OCC(=O)NC(=O)NCc1ccco1. The zero-order valence-corrected chi connectivity index (χ0v) is 14.8. The van der Waals surface area contributed by atoms with E-state index in [1.807, 2.05) is 5.32 Å².